The molecule has 6 heteroatoms. The lowest BCUT2D eigenvalue weighted by Gasteiger charge is -2.12. The minimum Gasteiger partial charge on any atom is -0.335 e. The van der Waals surface area contributed by atoms with Crippen LogP contribution in [0, 0.1) is 0 Å². The van der Waals surface area contributed by atoms with Crippen LogP contribution in [0.4, 0.5) is 4.79 Å². The lowest BCUT2D eigenvalue weighted by Crippen LogP contribution is -2.43. The van der Waals surface area contributed by atoms with Crippen molar-refractivity contribution in [2.45, 2.75) is 43.0 Å². The topological polar surface area (TPSA) is 58.2 Å². The van der Waals surface area contributed by atoms with Crippen molar-refractivity contribution in [1.82, 2.24) is 10.6 Å². The second kappa shape index (κ2) is 8.44. The summed E-state index contributed by atoms with van der Waals surface area (Å²) in [5, 5.41) is 5.24. The highest BCUT2D eigenvalue weighted by Crippen LogP contribution is 2.27. The maximum atomic E-state index is 11.7. The number of amides is 3. The molecule has 0 radical (unpaired) electrons. The molecule has 1 aromatic carbocycles. The number of carbonyl (C=O) groups excluding carboxylic acids is 2. The van der Waals surface area contributed by atoms with Gasteiger partial charge in [0.2, 0.25) is 5.91 Å². The van der Waals surface area contributed by atoms with E-state index >= 15 is 0 Å². The highest BCUT2D eigenvalue weighted by molar-refractivity contribution is 9.10. The van der Waals surface area contributed by atoms with Crippen LogP contribution in [0.5, 0.6) is 0 Å². The van der Waals surface area contributed by atoms with Gasteiger partial charge in [0.25, 0.3) is 0 Å². The first-order chi connectivity index (χ1) is 10.1. The molecule has 0 atom stereocenters. The summed E-state index contributed by atoms with van der Waals surface area (Å²) < 4.78 is 1.02. The number of carbonyl (C=O) groups is 2. The Morgan fingerprint density at radius 2 is 1.95 bits per heavy atom. The highest BCUT2D eigenvalue weighted by Gasteiger charge is 2.18. The molecule has 0 aromatic heterocycles. The number of urea groups is 1. The molecule has 4 nitrogen and oxygen atoms in total. The summed E-state index contributed by atoms with van der Waals surface area (Å²) in [7, 11) is 0. The van der Waals surface area contributed by atoms with Crippen LogP contribution in [0.15, 0.2) is 33.6 Å². The summed E-state index contributed by atoms with van der Waals surface area (Å²) in [6.45, 7) is 0. The third kappa shape index (κ3) is 5.71. The average Bonchev–Trinajstić information content (AvgIpc) is 2.93. The molecular weight excluding hydrogens is 352 g/mol. The van der Waals surface area contributed by atoms with Gasteiger partial charge in [0.05, 0.1) is 0 Å². The fourth-order valence-corrected chi connectivity index (χ4v) is 3.81. The summed E-state index contributed by atoms with van der Waals surface area (Å²) in [6.07, 6.45) is 4.66. The second-order valence-electron chi connectivity index (χ2n) is 5.03. The van der Waals surface area contributed by atoms with E-state index in [9.17, 15) is 9.59 Å². The number of rotatable bonds is 5. The normalized spacial score (nSPS) is 14.9. The monoisotopic (exact) mass is 370 g/mol. The Labute approximate surface area is 137 Å². The van der Waals surface area contributed by atoms with E-state index in [2.05, 4.69) is 26.6 Å². The first-order valence-electron chi connectivity index (χ1n) is 7.13. The fourth-order valence-electron chi connectivity index (χ4n) is 2.30. The SMILES string of the molecule is O=C(CCSc1ccccc1Br)NC(=O)NC1CCCC1. The van der Waals surface area contributed by atoms with Gasteiger partial charge in [-0.05, 0) is 40.9 Å². The molecule has 1 saturated carbocycles. The van der Waals surface area contributed by atoms with Gasteiger partial charge in [0, 0.05) is 27.6 Å². The second-order valence-corrected chi connectivity index (χ2v) is 7.02. The van der Waals surface area contributed by atoms with Crippen LogP contribution in [-0.2, 0) is 4.79 Å². The summed E-state index contributed by atoms with van der Waals surface area (Å²) >= 11 is 5.06. The molecule has 114 valence electrons. The van der Waals surface area contributed by atoms with E-state index in [0.717, 1.165) is 35.1 Å². The molecular formula is C15H19BrN2O2S. The molecule has 1 fully saturated rings. The van der Waals surface area contributed by atoms with Crippen LogP contribution >= 0.6 is 27.7 Å². The standard InChI is InChI=1S/C15H19BrN2O2S/c16-12-7-3-4-8-13(12)21-10-9-14(19)18-15(20)17-11-5-1-2-6-11/h3-4,7-8,11H,1-2,5-6,9-10H2,(H2,17,18,19,20). The van der Waals surface area contributed by atoms with Crippen molar-refractivity contribution in [2.24, 2.45) is 0 Å². The minimum absolute atomic E-state index is 0.229. The molecule has 1 aliphatic carbocycles. The Morgan fingerprint density at radius 3 is 2.67 bits per heavy atom. The number of benzene rings is 1. The first-order valence-corrected chi connectivity index (χ1v) is 8.90. The molecule has 0 unspecified atom stereocenters. The Morgan fingerprint density at radius 1 is 1.24 bits per heavy atom. The molecule has 0 spiro atoms. The molecule has 2 N–H and O–H groups in total. The summed E-state index contributed by atoms with van der Waals surface area (Å²) in [5.74, 6) is 0.413. The maximum absolute atomic E-state index is 11.7. The zero-order chi connectivity index (χ0) is 15.1. The molecule has 1 aromatic rings. The van der Waals surface area contributed by atoms with Gasteiger partial charge in [-0.3, -0.25) is 10.1 Å². The van der Waals surface area contributed by atoms with Gasteiger partial charge >= 0.3 is 6.03 Å². The quantitative estimate of drug-likeness (QED) is 0.776. The zero-order valence-corrected chi connectivity index (χ0v) is 14.1. The van der Waals surface area contributed by atoms with Crippen molar-refractivity contribution < 1.29 is 9.59 Å². The molecule has 0 bridgehead atoms. The van der Waals surface area contributed by atoms with Crippen molar-refractivity contribution in [3.63, 3.8) is 0 Å². The van der Waals surface area contributed by atoms with Crippen molar-refractivity contribution in [2.75, 3.05) is 5.75 Å². The van der Waals surface area contributed by atoms with Crippen molar-refractivity contribution in [1.29, 1.82) is 0 Å². The number of thioether (sulfide) groups is 1. The third-order valence-electron chi connectivity index (χ3n) is 3.37. The zero-order valence-electron chi connectivity index (χ0n) is 11.7. The van der Waals surface area contributed by atoms with E-state index in [1.54, 1.807) is 11.8 Å². The molecule has 0 saturated heterocycles. The maximum Gasteiger partial charge on any atom is 0.321 e. The Balaban J connectivity index is 1.65. The van der Waals surface area contributed by atoms with Crippen LogP contribution in [-0.4, -0.2) is 23.7 Å². The van der Waals surface area contributed by atoms with Gasteiger partial charge in [-0.2, -0.15) is 0 Å². The molecule has 3 amide bonds. The predicted octanol–water partition coefficient (Wildman–Crippen LogP) is 3.70. The van der Waals surface area contributed by atoms with Gasteiger partial charge in [0.1, 0.15) is 0 Å². The van der Waals surface area contributed by atoms with Crippen LogP contribution < -0.4 is 10.6 Å². The third-order valence-corrected chi connectivity index (χ3v) is 5.40. The number of hydrogen-bond donors (Lipinski definition) is 2. The largest absolute Gasteiger partial charge is 0.335 e. The number of nitrogens with one attached hydrogen (secondary N) is 2. The highest BCUT2D eigenvalue weighted by atomic mass is 79.9. The van der Waals surface area contributed by atoms with Crippen LogP contribution in [0.25, 0.3) is 0 Å². The van der Waals surface area contributed by atoms with E-state index < -0.39 is 0 Å². The number of imide groups is 1. The minimum atomic E-state index is -0.363. The Kier molecular flexibility index (Phi) is 6.57. The lowest BCUT2D eigenvalue weighted by molar-refractivity contribution is -0.119. The number of halogens is 1. The van der Waals surface area contributed by atoms with Gasteiger partial charge in [-0.1, -0.05) is 25.0 Å². The summed E-state index contributed by atoms with van der Waals surface area (Å²) in [4.78, 5) is 24.4. The van der Waals surface area contributed by atoms with E-state index in [-0.39, 0.29) is 18.0 Å². The van der Waals surface area contributed by atoms with Gasteiger partial charge in [0.15, 0.2) is 0 Å². The number of hydrogen-bond acceptors (Lipinski definition) is 3. The van der Waals surface area contributed by atoms with Crippen LogP contribution in [0.1, 0.15) is 32.1 Å². The van der Waals surface area contributed by atoms with Crippen molar-refractivity contribution in [3.05, 3.63) is 28.7 Å². The van der Waals surface area contributed by atoms with Crippen LogP contribution in [0.3, 0.4) is 0 Å². The van der Waals surface area contributed by atoms with Gasteiger partial charge in [-0.25, -0.2) is 4.79 Å². The summed E-state index contributed by atoms with van der Waals surface area (Å²) in [5.41, 5.74) is 0. The van der Waals surface area contributed by atoms with Crippen molar-refractivity contribution in [3.8, 4) is 0 Å². The molecule has 0 heterocycles. The van der Waals surface area contributed by atoms with E-state index in [0.29, 0.717) is 12.2 Å². The van der Waals surface area contributed by atoms with E-state index in [1.807, 2.05) is 24.3 Å². The molecule has 0 aliphatic heterocycles. The van der Waals surface area contributed by atoms with E-state index in [4.69, 9.17) is 0 Å². The summed E-state index contributed by atoms with van der Waals surface area (Å²) in [6, 6.07) is 7.75. The molecule has 1 aliphatic rings. The van der Waals surface area contributed by atoms with Gasteiger partial charge < -0.3 is 5.32 Å². The lowest BCUT2D eigenvalue weighted by atomic mass is 10.2. The Bertz CT molecular complexity index is 504. The molecule has 2 rings (SSSR count). The first kappa shape index (κ1) is 16.4. The predicted molar refractivity (Wildman–Crippen MR) is 88.4 cm³/mol. The van der Waals surface area contributed by atoms with Crippen LogP contribution in [0.2, 0.25) is 0 Å². The Hall–Kier alpha value is -1.01. The van der Waals surface area contributed by atoms with Gasteiger partial charge in [-0.15, -0.1) is 11.8 Å². The van der Waals surface area contributed by atoms with Crippen molar-refractivity contribution >= 4 is 39.6 Å². The average molecular weight is 371 g/mol. The fraction of sp³-hybridized carbons (Fsp3) is 0.467. The smallest absolute Gasteiger partial charge is 0.321 e. The molecule has 21 heavy (non-hydrogen) atoms. The van der Waals surface area contributed by atoms with E-state index in [1.165, 1.54) is 0 Å².